The first kappa shape index (κ1) is 24.9. The van der Waals surface area contributed by atoms with Crippen molar-refractivity contribution in [2.75, 3.05) is 4.90 Å². The predicted molar refractivity (Wildman–Crippen MR) is 147 cm³/mol. The Labute approximate surface area is 229 Å². The molecule has 1 unspecified atom stereocenters. The monoisotopic (exact) mass is 546 g/mol. The van der Waals surface area contributed by atoms with Crippen molar-refractivity contribution in [1.29, 1.82) is 0 Å². The topological polar surface area (TPSA) is 57.7 Å². The molecule has 3 aliphatic rings. The summed E-state index contributed by atoms with van der Waals surface area (Å²) in [5.41, 5.74) is 2.16. The van der Waals surface area contributed by atoms with Crippen LogP contribution in [0.1, 0.15) is 49.4 Å². The average molecular weight is 547 g/mol. The number of carbonyl (C=O) groups excluding carboxylic acids is 3. The van der Waals surface area contributed by atoms with Gasteiger partial charge in [0.2, 0.25) is 0 Å². The van der Waals surface area contributed by atoms with Crippen LogP contribution in [0.2, 0.25) is 5.02 Å². The number of carbonyl (C=O) groups is 3. The van der Waals surface area contributed by atoms with Crippen molar-refractivity contribution in [1.82, 2.24) is 4.90 Å². The van der Waals surface area contributed by atoms with Crippen LogP contribution in [0.15, 0.2) is 71.6 Å². The van der Waals surface area contributed by atoms with Gasteiger partial charge in [-0.2, -0.15) is 0 Å². The summed E-state index contributed by atoms with van der Waals surface area (Å²) in [5.74, 6) is -1.43. The molecule has 0 radical (unpaired) electrons. The van der Waals surface area contributed by atoms with Gasteiger partial charge in [0, 0.05) is 21.5 Å². The number of nitrogens with zero attached hydrogens (tertiary/aromatic N) is 2. The van der Waals surface area contributed by atoms with Gasteiger partial charge in [-0.05, 0) is 73.0 Å². The van der Waals surface area contributed by atoms with E-state index in [0.717, 1.165) is 27.8 Å². The molecule has 8 heteroatoms. The molecule has 5 nitrogen and oxygen atoms in total. The maximum absolute atomic E-state index is 15.3. The zero-order chi connectivity index (χ0) is 27.0. The molecule has 6 rings (SSSR count). The summed E-state index contributed by atoms with van der Waals surface area (Å²) in [6.45, 7) is 6.08. The van der Waals surface area contributed by atoms with Gasteiger partial charge in [-0.25, -0.2) is 4.39 Å². The Morgan fingerprint density at radius 1 is 0.947 bits per heavy atom. The Bertz CT molecular complexity index is 1570. The number of imide groups is 1. The minimum absolute atomic E-state index is 0.0436. The summed E-state index contributed by atoms with van der Waals surface area (Å²) in [5, 5.41) is 0.146. The first-order valence-electron chi connectivity index (χ1n) is 12.3. The quantitative estimate of drug-likeness (QED) is 0.335. The van der Waals surface area contributed by atoms with E-state index in [-0.39, 0.29) is 22.9 Å². The Morgan fingerprint density at radius 3 is 2.32 bits per heavy atom. The lowest BCUT2D eigenvalue weighted by molar-refractivity contribution is -0.123. The molecule has 38 heavy (non-hydrogen) atoms. The number of hydrogen-bond donors (Lipinski definition) is 0. The smallest absolute Gasteiger partial charge is 0.293 e. The molecule has 0 aromatic heterocycles. The second-order valence-corrected chi connectivity index (χ2v) is 12.2. The Balaban J connectivity index is 1.53. The maximum atomic E-state index is 15.3. The van der Waals surface area contributed by atoms with E-state index in [4.69, 9.17) is 11.6 Å². The lowest BCUT2D eigenvalue weighted by atomic mass is 9.65. The van der Waals surface area contributed by atoms with Crippen molar-refractivity contribution in [3.63, 3.8) is 0 Å². The van der Waals surface area contributed by atoms with Crippen LogP contribution in [0.3, 0.4) is 0 Å². The molecule has 0 saturated carbocycles. The SMILES string of the molecule is CC1(c2ccc(Cl)cc2)CC(C)(C)N2C(=O)C(=C3SC(=O)N(Cc4ccccc4)C3=O)c3cc(F)cc1c32. The van der Waals surface area contributed by atoms with Crippen LogP contribution in [0.25, 0.3) is 5.57 Å². The van der Waals surface area contributed by atoms with E-state index < -0.39 is 27.9 Å². The fourth-order valence-electron chi connectivity index (χ4n) is 6.14. The summed E-state index contributed by atoms with van der Waals surface area (Å²) in [6.07, 6.45) is 0.520. The van der Waals surface area contributed by atoms with Gasteiger partial charge in [0.05, 0.1) is 22.7 Å². The molecule has 1 saturated heterocycles. The van der Waals surface area contributed by atoms with Crippen LogP contribution in [0.5, 0.6) is 0 Å². The molecule has 0 spiro atoms. The molecule has 1 atom stereocenters. The van der Waals surface area contributed by atoms with E-state index in [2.05, 4.69) is 0 Å². The second kappa shape index (κ2) is 8.55. The molecule has 0 aliphatic carbocycles. The highest BCUT2D eigenvalue weighted by molar-refractivity contribution is 8.18. The Morgan fingerprint density at radius 2 is 1.63 bits per heavy atom. The number of benzene rings is 3. The van der Waals surface area contributed by atoms with Crippen molar-refractivity contribution in [2.45, 2.75) is 44.7 Å². The van der Waals surface area contributed by atoms with Crippen LogP contribution >= 0.6 is 23.4 Å². The normalized spacial score (nSPS) is 23.9. The Hall–Kier alpha value is -3.42. The van der Waals surface area contributed by atoms with Crippen LogP contribution < -0.4 is 4.90 Å². The molecular weight excluding hydrogens is 523 g/mol. The molecule has 3 amide bonds. The van der Waals surface area contributed by atoms with E-state index in [1.807, 2.05) is 63.2 Å². The highest BCUT2D eigenvalue weighted by Crippen LogP contribution is 2.57. The maximum Gasteiger partial charge on any atom is 0.293 e. The fraction of sp³-hybridized carbons (Fsp3) is 0.233. The molecular formula is C30H24ClFN2O3S. The molecule has 0 bridgehead atoms. The first-order valence-corrected chi connectivity index (χ1v) is 13.5. The summed E-state index contributed by atoms with van der Waals surface area (Å²) in [7, 11) is 0. The van der Waals surface area contributed by atoms with Gasteiger partial charge in [0.25, 0.3) is 17.1 Å². The predicted octanol–water partition coefficient (Wildman–Crippen LogP) is 6.92. The molecule has 3 aromatic carbocycles. The second-order valence-electron chi connectivity index (χ2n) is 10.8. The number of rotatable bonds is 3. The van der Waals surface area contributed by atoms with Gasteiger partial charge >= 0.3 is 0 Å². The van der Waals surface area contributed by atoms with Gasteiger partial charge in [-0.3, -0.25) is 19.3 Å². The minimum Gasteiger partial charge on any atom is -0.302 e. The molecule has 3 heterocycles. The van der Waals surface area contributed by atoms with Crippen LogP contribution in [-0.2, 0) is 21.5 Å². The molecule has 192 valence electrons. The average Bonchev–Trinajstić information content (AvgIpc) is 3.31. The summed E-state index contributed by atoms with van der Waals surface area (Å²) < 4.78 is 15.3. The number of thioether (sulfide) groups is 1. The van der Waals surface area contributed by atoms with Gasteiger partial charge in [-0.15, -0.1) is 0 Å². The van der Waals surface area contributed by atoms with E-state index in [1.54, 1.807) is 17.0 Å². The third-order valence-corrected chi connectivity index (χ3v) is 8.94. The van der Waals surface area contributed by atoms with E-state index in [1.165, 1.54) is 12.1 Å². The summed E-state index contributed by atoms with van der Waals surface area (Å²) >= 11 is 6.89. The number of anilines is 1. The number of amides is 3. The minimum atomic E-state index is -0.659. The van der Waals surface area contributed by atoms with Crippen LogP contribution in [0, 0.1) is 5.82 Å². The highest BCUT2D eigenvalue weighted by atomic mass is 35.5. The molecule has 0 N–H and O–H groups in total. The highest BCUT2D eigenvalue weighted by Gasteiger charge is 2.54. The van der Waals surface area contributed by atoms with Crippen molar-refractivity contribution in [2.24, 2.45) is 0 Å². The fourth-order valence-corrected chi connectivity index (χ4v) is 7.20. The van der Waals surface area contributed by atoms with Gasteiger partial charge in [0.1, 0.15) is 5.82 Å². The van der Waals surface area contributed by atoms with E-state index >= 15 is 4.39 Å². The van der Waals surface area contributed by atoms with Crippen molar-refractivity contribution >= 4 is 51.7 Å². The zero-order valence-corrected chi connectivity index (χ0v) is 22.6. The number of hydrogen-bond acceptors (Lipinski definition) is 4. The third kappa shape index (κ3) is 3.63. The Kier molecular flexibility index (Phi) is 5.60. The lowest BCUT2D eigenvalue weighted by Gasteiger charge is -2.49. The molecule has 3 aliphatic heterocycles. The van der Waals surface area contributed by atoms with Crippen LogP contribution in [0.4, 0.5) is 14.9 Å². The lowest BCUT2D eigenvalue weighted by Crippen LogP contribution is -2.54. The van der Waals surface area contributed by atoms with Gasteiger partial charge < -0.3 is 4.90 Å². The zero-order valence-electron chi connectivity index (χ0n) is 21.0. The molecule has 1 fully saturated rings. The van der Waals surface area contributed by atoms with Crippen LogP contribution in [-0.4, -0.2) is 27.5 Å². The molecule has 3 aromatic rings. The van der Waals surface area contributed by atoms with Gasteiger partial charge in [-0.1, -0.05) is 61.0 Å². The third-order valence-electron chi connectivity index (χ3n) is 7.71. The summed E-state index contributed by atoms with van der Waals surface area (Å²) in [6, 6.07) is 19.4. The number of halogens is 2. The largest absolute Gasteiger partial charge is 0.302 e. The van der Waals surface area contributed by atoms with E-state index in [9.17, 15) is 14.4 Å². The first-order chi connectivity index (χ1) is 18.0. The van der Waals surface area contributed by atoms with Crippen molar-refractivity contribution < 1.29 is 18.8 Å². The van der Waals surface area contributed by atoms with E-state index in [0.29, 0.717) is 28.3 Å². The van der Waals surface area contributed by atoms with Gasteiger partial charge in [0.15, 0.2) is 0 Å². The van der Waals surface area contributed by atoms with Crippen molar-refractivity contribution in [3.05, 3.63) is 105 Å². The van der Waals surface area contributed by atoms with Crippen molar-refractivity contribution in [3.8, 4) is 0 Å². The summed E-state index contributed by atoms with van der Waals surface area (Å²) in [4.78, 5) is 43.4. The standard InChI is InChI=1S/C30H24ClFN2O3S/c1-29(2)16-30(3,18-9-11-19(31)12-10-18)22-14-20(32)13-21-23(26(35)34(29)24(21)22)25-27(36)33(28(37)38-25)15-17-7-5-4-6-8-17/h4-14H,15-16H2,1-3H3.